The van der Waals surface area contributed by atoms with Crippen molar-refractivity contribution >= 4 is 17.7 Å². The van der Waals surface area contributed by atoms with E-state index in [1.807, 2.05) is 11.8 Å². The molecule has 1 rings (SSSR count). The van der Waals surface area contributed by atoms with Gasteiger partial charge in [-0.15, -0.1) is 0 Å². The van der Waals surface area contributed by atoms with Crippen LogP contribution in [0, 0.1) is 0 Å². The molecule has 1 heterocycles. The van der Waals surface area contributed by atoms with E-state index in [0.29, 0.717) is 6.61 Å². The number of carbonyl (C=O) groups is 1. The zero-order valence-corrected chi connectivity index (χ0v) is 8.15. The molecule has 0 aromatic rings. The van der Waals surface area contributed by atoms with Crippen LogP contribution in [0.3, 0.4) is 0 Å². The van der Waals surface area contributed by atoms with Crippen LogP contribution in [0.15, 0.2) is 0 Å². The Morgan fingerprint density at radius 1 is 1.58 bits per heavy atom. The minimum atomic E-state index is -0.693. The fraction of sp³-hybridized carbons (Fsp3) is 0.875. The van der Waals surface area contributed by atoms with Gasteiger partial charge in [-0.1, -0.05) is 0 Å². The Labute approximate surface area is 77.0 Å². The lowest BCUT2D eigenvalue weighted by Gasteiger charge is -2.30. The molecule has 0 saturated carbocycles. The van der Waals surface area contributed by atoms with E-state index in [1.165, 1.54) is 0 Å². The van der Waals surface area contributed by atoms with Crippen LogP contribution >= 0.6 is 11.8 Å². The number of esters is 1. The summed E-state index contributed by atoms with van der Waals surface area (Å²) in [7, 11) is 0. The van der Waals surface area contributed by atoms with Crippen LogP contribution in [0.1, 0.15) is 19.8 Å². The van der Waals surface area contributed by atoms with Crippen molar-refractivity contribution in [1.82, 2.24) is 0 Å². The van der Waals surface area contributed by atoms with Crippen molar-refractivity contribution in [2.24, 2.45) is 5.73 Å². The predicted octanol–water partition coefficient (Wildman–Crippen LogP) is 0.774. The standard InChI is InChI=1S/C8H15NO2S/c1-2-11-7(10)8(9)3-5-12-6-4-8/h2-6,9H2,1H3. The zero-order valence-electron chi connectivity index (χ0n) is 7.34. The van der Waals surface area contributed by atoms with Crippen LogP contribution in [0.4, 0.5) is 0 Å². The number of thioether (sulfide) groups is 1. The molecular weight excluding hydrogens is 174 g/mol. The van der Waals surface area contributed by atoms with Gasteiger partial charge in [0, 0.05) is 0 Å². The molecule has 12 heavy (non-hydrogen) atoms. The van der Waals surface area contributed by atoms with Gasteiger partial charge < -0.3 is 10.5 Å². The van der Waals surface area contributed by atoms with E-state index < -0.39 is 5.54 Å². The molecule has 1 aliphatic rings. The molecule has 2 N–H and O–H groups in total. The lowest BCUT2D eigenvalue weighted by Crippen LogP contribution is -2.51. The second-order valence-corrected chi connectivity index (χ2v) is 4.21. The first-order valence-electron chi connectivity index (χ1n) is 4.23. The molecule has 1 aliphatic heterocycles. The third-order valence-electron chi connectivity index (χ3n) is 2.07. The number of hydrogen-bond donors (Lipinski definition) is 1. The smallest absolute Gasteiger partial charge is 0.326 e. The molecule has 0 unspecified atom stereocenters. The van der Waals surface area contributed by atoms with Crippen LogP contribution in [0.2, 0.25) is 0 Å². The van der Waals surface area contributed by atoms with Crippen molar-refractivity contribution < 1.29 is 9.53 Å². The van der Waals surface area contributed by atoms with Gasteiger partial charge in [-0.25, -0.2) is 0 Å². The average molecular weight is 189 g/mol. The fourth-order valence-electron chi connectivity index (χ4n) is 1.21. The van der Waals surface area contributed by atoms with Crippen molar-refractivity contribution in [3.8, 4) is 0 Å². The molecule has 70 valence electrons. The maximum absolute atomic E-state index is 11.4. The second-order valence-electron chi connectivity index (χ2n) is 2.99. The van der Waals surface area contributed by atoms with E-state index in [4.69, 9.17) is 10.5 Å². The highest BCUT2D eigenvalue weighted by molar-refractivity contribution is 7.99. The second kappa shape index (κ2) is 4.14. The van der Waals surface area contributed by atoms with Crippen LogP contribution in [0.5, 0.6) is 0 Å². The van der Waals surface area contributed by atoms with Gasteiger partial charge in [0.1, 0.15) is 5.54 Å². The maximum Gasteiger partial charge on any atom is 0.326 e. The summed E-state index contributed by atoms with van der Waals surface area (Å²) in [6, 6.07) is 0. The monoisotopic (exact) mass is 189 g/mol. The summed E-state index contributed by atoms with van der Waals surface area (Å²) >= 11 is 1.84. The third-order valence-corrected chi connectivity index (χ3v) is 3.05. The van der Waals surface area contributed by atoms with E-state index in [0.717, 1.165) is 24.3 Å². The Bertz CT molecular complexity index is 166. The molecule has 0 amide bonds. The third kappa shape index (κ3) is 2.14. The Hall–Kier alpha value is -0.220. The van der Waals surface area contributed by atoms with Crippen molar-refractivity contribution in [2.45, 2.75) is 25.3 Å². The van der Waals surface area contributed by atoms with Crippen molar-refractivity contribution in [2.75, 3.05) is 18.1 Å². The molecule has 1 fully saturated rings. The predicted molar refractivity (Wildman–Crippen MR) is 50.1 cm³/mol. The highest BCUT2D eigenvalue weighted by Crippen LogP contribution is 2.25. The maximum atomic E-state index is 11.4. The van der Waals surface area contributed by atoms with E-state index >= 15 is 0 Å². The molecule has 1 saturated heterocycles. The zero-order chi connectivity index (χ0) is 9.03. The van der Waals surface area contributed by atoms with Crippen LogP contribution in [0.25, 0.3) is 0 Å². The minimum absolute atomic E-state index is 0.231. The molecule has 0 atom stereocenters. The first-order chi connectivity index (χ1) is 5.69. The molecule has 0 radical (unpaired) electrons. The Balaban J connectivity index is 2.50. The Morgan fingerprint density at radius 2 is 2.17 bits per heavy atom. The van der Waals surface area contributed by atoms with Crippen molar-refractivity contribution in [3.63, 3.8) is 0 Å². The molecular formula is C8H15NO2S. The summed E-state index contributed by atoms with van der Waals surface area (Å²) in [4.78, 5) is 11.4. The molecule has 0 aromatic carbocycles. The summed E-state index contributed by atoms with van der Waals surface area (Å²) in [5.74, 6) is 1.70. The normalized spacial score (nSPS) is 21.8. The molecule has 0 aromatic heterocycles. The Morgan fingerprint density at radius 3 is 2.67 bits per heavy atom. The van der Waals surface area contributed by atoms with E-state index in [9.17, 15) is 4.79 Å². The Kier molecular flexibility index (Phi) is 3.40. The summed E-state index contributed by atoms with van der Waals surface area (Å²) in [6.45, 7) is 2.23. The van der Waals surface area contributed by atoms with Crippen molar-refractivity contribution in [1.29, 1.82) is 0 Å². The van der Waals surface area contributed by atoms with Gasteiger partial charge in [-0.2, -0.15) is 11.8 Å². The first-order valence-corrected chi connectivity index (χ1v) is 5.38. The topological polar surface area (TPSA) is 52.3 Å². The van der Waals surface area contributed by atoms with E-state index in [-0.39, 0.29) is 5.97 Å². The molecule has 0 aliphatic carbocycles. The molecule has 4 heteroatoms. The SMILES string of the molecule is CCOC(=O)C1(N)CCSCC1. The fourth-order valence-corrected chi connectivity index (χ4v) is 2.44. The van der Waals surface area contributed by atoms with Gasteiger partial charge in [-0.05, 0) is 31.3 Å². The molecule has 0 bridgehead atoms. The quantitative estimate of drug-likeness (QED) is 0.652. The summed E-state index contributed by atoms with van der Waals surface area (Å²) < 4.78 is 4.91. The largest absolute Gasteiger partial charge is 0.465 e. The van der Waals surface area contributed by atoms with E-state index in [1.54, 1.807) is 6.92 Å². The van der Waals surface area contributed by atoms with Crippen LogP contribution in [-0.4, -0.2) is 29.6 Å². The van der Waals surface area contributed by atoms with Gasteiger partial charge in [-0.3, -0.25) is 4.79 Å². The number of nitrogens with two attached hydrogens (primary N) is 1. The lowest BCUT2D eigenvalue weighted by molar-refractivity contribution is -0.149. The van der Waals surface area contributed by atoms with Gasteiger partial charge in [0.25, 0.3) is 0 Å². The van der Waals surface area contributed by atoms with Gasteiger partial charge in [0.05, 0.1) is 6.61 Å². The number of ether oxygens (including phenoxy) is 1. The average Bonchev–Trinajstić information content (AvgIpc) is 2.06. The lowest BCUT2D eigenvalue weighted by atomic mass is 9.94. The first kappa shape index (κ1) is 9.86. The summed E-state index contributed by atoms with van der Waals surface area (Å²) in [5.41, 5.74) is 5.21. The van der Waals surface area contributed by atoms with Gasteiger partial charge in [0.2, 0.25) is 0 Å². The summed E-state index contributed by atoms with van der Waals surface area (Å²) in [5, 5.41) is 0. The van der Waals surface area contributed by atoms with Gasteiger partial charge in [0.15, 0.2) is 0 Å². The minimum Gasteiger partial charge on any atom is -0.465 e. The highest BCUT2D eigenvalue weighted by atomic mass is 32.2. The van der Waals surface area contributed by atoms with Gasteiger partial charge >= 0.3 is 5.97 Å². The van der Waals surface area contributed by atoms with Crippen LogP contribution in [-0.2, 0) is 9.53 Å². The van der Waals surface area contributed by atoms with Crippen LogP contribution < -0.4 is 5.73 Å². The van der Waals surface area contributed by atoms with Crippen molar-refractivity contribution in [3.05, 3.63) is 0 Å². The summed E-state index contributed by atoms with van der Waals surface area (Å²) in [6.07, 6.45) is 1.49. The molecule has 0 spiro atoms. The number of carbonyl (C=O) groups excluding carboxylic acids is 1. The highest BCUT2D eigenvalue weighted by Gasteiger charge is 2.36. The number of hydrogen-bond acceptors (Lipinski definition) is 4. The van der Waals surface area contributed by atoms with E-state index in [2.05, 4.69) is 0 Å². The molecule has 3 nitrogen and oxygen atoms in total. The number of rotatable bonds is 2.